The normalized spacial score (nSPS) is 11.7. The van der Waals surface area contributed by atoms with Crippen LogP contribution >= 0.6 is 0 Å². The smallest absolute Gasteiger partial charge is 0.330 e. The van der Waals surface area contributed by atoms with Crippen LogP contribution in [0.15, 0.2) is 11.8 Å². The largest absolute Gasteiger partial charge is 0.478 e. The minimum absolute atomic E-state index is 0.482. The van der Waals surface area contributed by atoms with Crippen LogP contribution in [-0.4, -0.2) is 11.1 Å². The Morgan fingerprint density at radius 3 is 2.20 bits per heavy atom. The van der Waals surface area contributed by atoms with E-state index in [-0.39, 0.29) is 0 Å². The third kappa shape index (κ3) is 10.9. The molecule has 0 radical (unpaired) electrons. The molecule has 0 heterocycles. The van der Waals surface area contributed by atoms with Gasteiger partial charge in [-0.25, -0.2) is 4.79 Å². The lowest BCUT2D eigenvalue weighted by atomic mass is 10.1. The maximum absolute atomic E-state index is 10.3. The predicted octanol–water partition coefficient (Wildman–Crippen LogP) is 3.05. The van der Waals surface area contributed by atoms with E-state index < -0.39 is 5.97 Å². The molecule has 88 valence electrons. The monoisotopic (exact) mass is 213 g/mol. The molecule has 0 rings (SSSR count). The summed E-state index contributed by atoms with van der Waals surface area (Å²) < 4.78 is 0. The molecule has 0 unspecified atom stereocenters. The number of carboxylic acids is 1. The molecule has 0 spiro atoms. The van der Waals surface area contributed by atoms with Crippen molar-refractivity contribution in [3.8, 4) is 0 Å². The van der Waals surface area contributed by atoms with E-state index in [9.17, 15) is 4.79 Å². The van der Waals surface area contributed by atoms with Crippen molar-refractivity contribution in [2.24, 2.45) is 5.73 Å². The van der Waals surface area contributed by atoms with Gasteiger partial charge in [-0.1, -0.05) is 45.4 Å². The van der Waals surface area contributed by atoms with Crippen LogP contribution in [0.2, 0.25) is 0 Å². The number of carboxylic acid groups (broad SMARTS) is 1. The standard InChI is InChI=1S/C12H23NO2/c1-2-3-4-5-6-7-8-9-11(13)10-12(14)15/h10H,2-9,13H2,1H3,(H,14,15). The lowest BCUT2D eigenvalue weighted by Crippen LogP contribution is -2.01. The van der Waals surface area contributed by atoms with Gasteiger partial charge in [-0.2, -0.15) is 0 Å². The third-order valence-electron chi connectivity index (χ3n) is 2.38. The number of hydrogen-bond donors (Lipinski definition) is 2. The summed E-state index contributed by atoms with van der Waals surface area (Å²) in [5, 5.41) is 8.43. The third-order valence-corrected chi connectivity index (χ3v) is 2.38. The average molecular weight is 213 g/mol. The molecular weight excluding hydrogens is 190 g/mol. The van der Waals surface area contributed by atoms with Crippen LogP contribution in [0.5, 0.6) is 0 Å². The number of unbranched alkanes of at least 4 members (excludes halogenated alkanes) is 6. The van der Waals surface area contributed by atoms with E-state index in [0.717, 1.165) is 18.9 Å². The zero-order valence-electron chi connectivity index (χ0n) is 9.67. The molecule has 0 atom stereocenters. The Labute approximate surface area is 92.4 Å². The number of allylic oxidation sites excluding steroid dienone is 1. The summed E-state index contributed by atoms with van der Waals surface area (Å²) in [4.78, 5) is 10.3. The van der Waals surface area contributed by atoms with Gasteiger partial charge in [0, 0.05) is 11.8 Å². The first-order valence-electron chi connectivity index (χ1n) is 5.85. The fraction of sp³-hybridized carbons (Fsp3) is 0.750. The number of hydrogen-bond acceptors (Lipinski definition) is 2. The highest BCUT2D eigenvalue weighted by Gasteiger charge is 1.96. The van der Waals surface area contributed by atoms with Crippen molar-refractivity contribution in [3.63, 3.8) is 0 Å². The molecule has 0 bridgehead atoms. The van der Waals surface area contributed by atoms with Crippen molar-refractivity contribution < 1.29 is 9.90 Å². The van der Waals surface area contributed by atoms with E-state index in [1.807, 2.05) is 0 Å². The molecule has 0 fully saturated rings. The minimum atomic E-state index is -0.949. The lowest BCUT2D eigenvalue weighted by Gasteiger charge is -2.01. The van der Waals surface area contributed by atoms with Gasteiger partial charge in [0.2, 0.25) is 0 Å². The van der Waals surface area contributed by atoms with E-state index in [0.29, 0.717) is 12.1 Å². The fourth-order valence-corrected chi connectivity index (χ4v) is 1.52. The number of rotatable bonds is 9. The molecular formula is C12H23NO2. The van der Waals surface area contributed by atoms with Gasteiger partial charge in [0.25, 0.3) is 0 Å². The predicted molar refractivity (Wildman–Crippen MR) is 62.5 cm³/mol. The average Bonchev–Trinajstić information content (AvgIpc) is 2.15. The fourth-order valence-electron chi connectivity index (χ4n) is 1.52. The Hall–Kier alpha value is -0.990. The van der Waals surface area contributed by atoms with Crippen molar-refractivity contribution in [2.45, 2.75) is 58.3 Å². The van der Waals surface area contributed by atoms with Crippen LogP contribution in [-0.2, 0) is 4.79 Å². The molecule has 0 aromatic rings. The number of aliphatic carboxylic acids is 1. The topological polar surface area (TPSA) is 63.3 Å². The van der Waals surface area contributed by atoms with Gasteiger partial charge in [-0.3, -0.25) is 0 Å². The van der Waals surface area contributed by atoms with Crippen molar-refractivity contribution in [1.82, 2.24) is 0 Å². The molecule has 0 aromatic carbocycles. The van der Waals surface area contributed by atoms with Gasteiger partial charge in [-0.05, 0) is 12.8 Å². The number of nitrogens with two attached hydrogens (primary N) is 1. The molecule has 3 N–H and O–H groups in total. The van der Waals surface area contributed by atoms with Crippen LogP contribution in [0.4, 0.5) is 0 Å². The van der Waals surface area contributed by atoms with Gasteiger partial charge in [0.05, 0.1) is 0 Å². The molecule has 0 saturated carbocycles. The first-order valence-corrected chi connectivity index (χ1v) is 5.85. The summed E-state index contributed by atoms with van der Waals surface area (Å²) in [6, 6.07) is 0. The van der Waals surface area contributed by atoms with E-state index in [4.69, 9.17) is 10.8 Å². The maximum atomic E-state index is 10.3. The highest BCUT2D eigenvalue weighted by atomic mass is 16.4. The van der Waals surface area contributed by atoms with Gasteiger partial charge in [0.15, 0.2) is 0 Å². The Morgan fingerprint density at radius 2 is 1.67 bits per heavy atom. The van der Waals surface area contributed by atoms with Crippen molar-refractivity contribution in [1.29, 1.82) is 0 Å². The molecule has 0 aromatic heterocycles. The summed E-state index contributed by atoms with van der Waals surface area (Å²) in [5.74, 6) is -0.949. The minimum Gasteiger partial charge on any atom is -0.478 e. The van der Waals surface area contributed by atoms with E-state index >= 15 is 0 Å². The Balaban J connectivity index is 3.27. The zero-order chi connectivity index (χ0) is 11.5. The van der Waals surface area contributed by atoms with E-state index in [1.165, 1.54) is 32.1 Å². The van der Waals surface area contributed by atoms with Crippen molar-refractivity contribution >= 4 is 5.97 Å². The summed E-state index contributed by atoms with van der Waals surface area (Å²) in [7, 11) is 0. The molecule has 0 amide bonds. The molecule has 15 heavy (non-hydrogen) atoms. The quantitative estimate of drug-likeness (QED) is 0.457. The molecule has 0 aliphatic rings. The second-order valence-corrected chi connectivity index (χ2v) is 3.93. The first-order chi connectivity index (χ1) is 7.16. The second-order valence-electron chi connectivity index (χ2n) is 3.93. The van der Waals surface area contributed by atoms with Crippen LogP contribution in [0.25, 0.3) is 0 Å². The van der Waals surface area contributed by atoms with Crippen LogP contribution in [0, 0.1) is 0 Å². The first kappa shape index (κ1) is 14.0. The van der Waals surface area contributed by atoms with Gasteiger partial charge in [-0.15, -0.1) is 0 Å². The van der Waals surface area contributed by atoms with Crippen LogP contribution in [0.1, 0.15) is 58.3 Å². The summed E-state index contributed by atoms with van der Waals surface area (Å²) in [6.07, 6.45) is 10.4. The highest BCUT2D eigenvalue weighted by molar-refractivity contribution is 5.80. The van der Waals surface area contributed by atoms with Gasteiger partial charge in [0.1, 0.15) is 0 Å². The van der Waals surface area contributed by atoms with Crippen molar-refractivity contribution in [2.75, 3.05) is 0 Å². The Bertz CT molecular complexity index is 200. The SMILES string of the molecule is CCCCCCCCCC(N)=CC(=O)O. The maximum Gasteiger partial charge on any atom is 0.330 e. The van der Waals surface area contributed by atoms with Crippen molar-refractivity contribution in [3.05, 3.63) is 11.8 Å². The summed E-state index contributed by atoms with van der Waals surface area (Å²) >= 11 is 0. The second kappa shape index (κ2) is 9.56. The van der Waals surface area contributed by atoms with Crippen LogP contribution in [0.3, 0.4) is 0 Å². The molecule has 3 heteroatoms. The molecule has 3 nitrogen and oxygen atoms in total. The van der Waals surface area contributed by atoms with Gasteiger partial charge >= 0.3 is 5.97 Å². The Morgan fingerprint density at radius 1 is 1.13 bits per heavy atom. The van der Waals surface area contributed by atoms with Crippen LogP contribution < -0.4 is 5.73 Å². The number of carbonyl (C=O) groups is 1. The molecule has 0 aliphatic carbocycles. The zero-order valence-corrected chi connectivity index (χ0v) is 9.67. The highest BCUT2D eigenvalue weighted by Crippen LogP contribution is 2.09. The Kier molecular flexibility index (Phi) is 8.93. The lowest BCUT2D eigenvalue weighted by molar-refractivity contribution is -0.131. The van der Waals surface area contributed by atoms with Gasteiger partial charge < -0.3 is 10.8 Å². The summed E-state index contributed by atoms with van der Waals surface area (Å²) in [6.45, 7) is 2.21. The van der Waals surface area contributed by atoms with E-state index in [1.54, 1.807) is 0 Å². The van der Waals surface area contributed by atoms with E-state index in [2.05, 4.69) is 6.92 Å². The summed E-state index contributed by atoms with van der Waals surface area (Å²) in [5.41, 5.74) is 6.00. The molecule has 0 saturated heterocycles. The molecule has 0 aliphatic heterocycles.